The minimum Gasteiger partial charge on any atom is -0.388 e. The number of nitrogens with one attached hydrogen (secondary N) is 1. The second kappa shape index (κ2) is 11.8. The van der Waals surface area contributed by atoms with Gasteiger partial charge >= 0.3 is 6.18 Å². The van der Waals surface area contributed by atoms with Gasteiger partial charge in [-0.05, 0) is 48.7 Å². The van der Waals surface area contributed by atoms with Gasteiger partial charge in [0.25, 0.3) is 0 Å². The molecule has 0 spiro atoms. The highest BCUT2D eigenvalue weighted by Gasteiger charge is 2.33. The van der Waals surface area contributed by atoms with E-state index in [0.29, 0.717) is 18.5 Å². The van der Waals surface area contributed by atoms with E-state index < -0.39 is 17.8 Å². The topological polar surface area (TPSA) is 78.1 Å². The summed E-state index contributed by atoms with van der Waals surface area (Å²) in [5, 5.41) is 21.4. The van der Waals surface area contributed by atoms with Crippen LogP contribution in [-0.2, 0) is 17.5 Å². The van der Waals surface area contributed by atoms with Crippen molar-refractivity contribution in [3.8, 4) is 6.07 Å². The number of carbonyl (C=O) groups is 1. The van der Waals surface area contributed by atoms with Crippen LogP contribution in [0.25, 0.3) is 10.9 Å². The Morgan fingerprint density at radius 2 is 1.87 bits per heavy atom. The Balaban J connectivity index is 0.000000288. The summed E-state index contributed by atoms with van der Waals surface area (Å²) in [6.07, 6.45) is -2.98. The van der Waals surface area contributed by atoms with Crippen molar-refractivity contribution < 1.29 is 23.1 Å². The Kier molecular flexibility index (Phi) is 9.77. The average Bonchev–Trinajstić information content (AvgIpc) is 3.15. The summed E-state index contributed by atoms with van der Waals surface area (Å²) in [7, 11) is 1.52. The molecule has 0 bridgehead atoms. The van der Waals surface area contributed by atoms with Gasteiger partial charge < -0.3 is 19.8 Å². The maximum Gasteiger partial charge on any atom is 0.417 e. The fraction of sp³-hybridized carbons (Fsp3) is 0.304. The number of anilines is 1. The summed E-state index contributed by atoms with van der Waals surface area (Å²) in [6.45, 7) is 6.35. The van der Waals surface area contributed by atoms with Gasteiger partial charge in [-0.15, -0.1) is 0 Å². The standard InChI is InChI=1S/C12H13NO2.C9H7F3N2.C2H6/c1-9-2-3-12-10(6-9)4-5-13(12)7-11(15)8-14;1-14-7-3-2-6(5-13)8(4-7)9(10,11)12;1-2/h2-6,8,11,15H,7H2,1H3;2-4,14H,1H3;1-2H3. The lowest BCUT2D eigenvalue weighted by Crippen LogP contribution is -2.16. The fourth-order valence-electron chi connectivity index (χ4n) is 2.76. The van der Waals surface area contributed by atoms with Crippen LogP contribution in [0, 0.1) is 18.3 Å². The molecule has 0 saturated carbocycles. The van der Waals surface area contributed by atoms with E-state index in [2.05, 4.69) is 11.4 Å². The van der Waals surface area contributed by atoms with Crippen molar-refractivity contribution >= 4 is 22.9 Å². The number of hydrogen-bond acceptors (Lipinski definition) is 4. The fourth-order valence-corrected chi connectivity index (χ4v) is 2.76. The van der Waals surface area contributed by atoms with Crippen molar-refractivity contribution in [3.63, 3.8) is 0 Å². The third kappa shape index (κ3) is 7.15. The van der Waals surface area contributed by atoms with Crippen LogP contribution in [0.2, 0.25) is 0 Å². The quantitative estimate of drug-likeness (QED) is 0.558. The highest BCUT2D eigenvalue weighted by molar-refractivity contribution is 5.81. The van der Waals surface area contributed by atoms with Gasteiger partial charge in [0.1, 0.15) is 12.4 Å². The van der Waals surface area contributed by atoms with E-state index in [4.69, 9.17) is 5.26 Å². The molecule has 1 atom stereocenters. The molecule has 3 rings (SSSR count). The SMILES string of the molecule is CC.CNc1ccc(C#N)c(C(F)(F)F)c1.Cc1ccc2c(ccn2CC(O)C=O)c1. The summed E-state index contributed by atoms with van der Waals surface area (Å²) in [5.74, 6) is 0. The second-order valence-corrected chi connectivity index (χ2v) is 6.35. The highest BCUT2D eigenvalue weighted by atomic mass is 19.4. The van der Waals surface area contributed by atoms with Gasteiger partial charge in [0.15, 0.2) is 0 Å². The smallest absolute Gasteiger partial charge is 0.388 e. The summed E-state index contributed by atoms with van der Waals surface area (Å²) in [6, 6.07) is 13.1. The van der Waals surface area contributed by atoms with Gasteiger partial charge in [-0.3, -0.25) is 0 Å². The zero-order chi connectivity index (χ0) is 23.6. The van der Waals surface area contributed by atoms with E-state index in [-0.39, 0.29) is 5.56 Å². The van der Waals surface area contributed by atoms with Crippen molar-refractivity contribution in [2.45, 2.75) is 39.6 Å². The number of aryl methyl sites for hydroxylation is 1. The van der Waals surface area contributed by atoms with Crippen LogP contribution < -0.4 is 5.32 Å². The summed E-state index contributed by atoms with van der Waals surface area (Å²) < 4.78 is 39.0. The molecule has 166 valence electrons. The van der Waals surface area contributed by atoms with Gasteiger partial charge in [0.2, 0.25) is 0 Å². The van der Waals surface area contributed by atoms with Crippen molar-refractivity contribution in [1.29, 1.82) is 5.26 Å². The lowest BCUT2D eigenvalue weighted by molar-refractivity contribution is -0.137. The van der Waals surface area contributed by atoms with Crippen molar-refractivity contribution in [3.05, 3.63) is 65.4 Å². The third-order valence-electron chi connectivity index (χ3n) is 4.20. The molecule has 1 unspecified atom stereocenters. The largest absolute Gasteiger partial charge is 0.417 e. The molecule has 0 aliphatic heterocycles. The van der Waals surface area contributed by atoms with E-state index in [1.165, 1.54) is 24.7 Å². The normalized spacial score (nSPS) is 11.3. The molecule has 0 radical (unpaired) electrons. The van der Waals surface area contributed by atoms with Gasteiger partial charge in [0.05, 0.1) is 23.7 Å². The minimum atomic E-state index is -4.49. The number of benzene rings is 2. The first-order valence-corrected chi connectivity index (χ1v) is 9.67. The predicted molar refractivity (Wildman–Crippen MR) is 116 cm³/mol. The van der Waals surface area contributed by atoms with Crippen molar-refractivity contribution in [1.82, 2.24) is 4.57 Å². The molecule has 2 N–H and O–H groups in total. The van der Waals surface area contributed by atoms with Gasteiger partial charge in [-0.1, -0.05) is 25.5 Å². The number of hydrogen-bond donors (Lipinski definition) is 2. The molecule has 1 aromatic heterocycles. The molecule has 0 fully saturated rings. The lowest BCUT2D eigenvalue weighted by Gasteiger charge is -2.10. The maximum absolute atomic E-state index is 12.4. The third-order valence-corrected chi connectivity index (χ3v) is 4.20. The monoisotopic (exact) mass is 433 g/mol. The first-order chi connectivity index (χ1) is 14.7. The zero-order valence-corrected chi connectivity index (χ0v) is 17.9. The molecular formula is C23H26F3N3O2. The van der Waals surface area contributed by atoms with Crippen LogP contribution in [0.4, 0.5) is 18.9 Å². The van der Waals surface area contributed by atoms with Gasteiger partial charge in [0, 0.05) is 24.4 Å². The van der Waals surface area contributed by atoms with Crippen LogP contribution in [0.15, 0.2) is 48.7 Å². The Morgan fingerprint density at radius 3 is 2.42 bits per heavy atom. The predicted octanol–water partition coefficient (Wildman–Crippen LogP) is 5.15. The van der Waals surface area contributed by atoms with Crippen LogP contribution in [-0.4, -0.2) is 29.1 Å². The number of halogens is 3. The Hall–Kier alpha value is -3.31. The van der Waals surface area contributed by atoms with Crippen molar-refractivity contribution in [2.75, 3.05) is 12.4 Å². The van der Waals surface area contributed by atoms with E-state index in [9.17, 15) is 23.1 Å². The summed E-state index contributed by atoms with van der Waals surface area (Å²) in [5.41, 5.74) is 1.30. The van der Waals surface area contributed by atoms with E-state index in [0.717, 1.165) is 23.0 Å². The van der Waals surface area contributed by atoms with E-state index in [1.807, 2.05) is 49.7 Å². The number of aliphatic hydroxyl groups is 1. The highest BCUT2D eigenvalue weighted by Crippen LogP contribution is 2.33. The van der Waals surface area contributed by atoms with Crippen LogP contribution >= 0.6 is 0 Å². The number of fused-ring (bicyclic) bond motifs is 1. The second-order valence-electron chi connectivity index (χ2n) is 6.35. The number of nitrogens with zero attached hydrogens (tertiary/aromatic N) is 2. The molecule has 3 aromatic rings. The number of alkyl halides is 3. The lowest BCUT2D eigenvalue weighted by atomic mass is 10.1. The minimum absolute atomic E-state index is 0.316. The number of aliphatic hydroxyl groups excluding tert-OH is 1. The van der Waals surface area contributed by atoms with Crippen LogP contribution in [0.5, 0.6) is 0 Å². The van der Waals surface area contributed by atoms with Gasteiger partial charge in [-0.2, -0.15) is 18.4 Å². The Morgan fingerprint density at radius 1 is 1.19 bits per heavy atom. The number of aldehydes is 1. The number of nitriles is 1. The molecule has 0 saturated heterocycles. The molecule has 31 heavy (non-hydrogen) atoms. The summed E-state index contributed by atoms with van der Waals surface area (Å²) >= 11 is 0. The summed E-state index contributed by atoms with van der Waals surface area (Å²) in [4.78, 5) is 10.4. The molecule has 0 aliphatic rings. The molecule has 2 aromatic carbocycles. The van der Waals surface area contributed by atoms with Crippen LogP contribution in [0.1, 0.15) is 30.5 Å². The van der Waals surface area contributed by atoms with Crippen molar-refractivity contribution in [2.24, 2.45) is 0 Å². The zero-order valence-electron chi connectivity index (χ0n) is 17.9. The van der Waals surface area contributed by atoms with E-state index >= 15 is 0 Å². The number of aromatic nitrogens is 1. The van der Waals surface area contributed by atoms with Gasteiger partial charge in [-0.25, -0.2) is 0 Å². The molecule has 0 aliphatic carbocycles. The number of rotatable bonds is 4. The van der Waals surface area contributed by atoms with E-state index in [1.54, 1.807) is 0 Å². The van der Waals surface area contributed by atoms with Crippen LogP contribution in [0.3, 0.4) is 0 Å². The molecule has 5 nitrogen and oxygen atoms in total. The average molecular weight is 433 g/mol. The maximum atomic E-state index is 12.4. The first kappa shape index (κ1) is 25.7. The Labute approximate surface area is 179 Å². The molecule has 1 heterocycles. The Bertz CT molecular complexity index is 1040. The number of carbonyl (C=O) groups excluding carboxylic acids is 1. The first-order valence-electron chi connectivity index (χ1n) is 9.67. The molecule has 8 heteroatoms. The molecular weight excluding hydrogens is 407 g/mol. The molecule has 0 amide bonds.